The molecule has 1 fully saturated rings. The quantitative estimate of drug-likeness (QED) is 0.790. The molecule has 0 aliphatic carbocycles. The molecule has 0 bridgehead atoms. The van der Waals surface area contributed by atoms with E-state index in [0.717, 1.165) is 64.7 Å². The summed E-state index contributed by atoms with van der Waals surface area (Å²) in [5, 5.41) is 3.39. The van der Waals surface area contributed by atoms with Crippen molar-refractivity contribution in [2.75, 3.05) is 52.4 Å². The van der Waals surface area contributed by atoms with Gasteiger partial charge in [0, 0.05) is 39.3 Å². The summed E-state index contributed by atoms with van der Waals surface area (Å²) in [6.45, 7) is 13.8. The van der Waals surface area contributed by atoms with Crippen LogP contribution in [0, 0.1) is 0 Å². The molecule has 2 rings (SSSR count). The summed E-state index contributed by atoms with van der Waals surface area (Å²) in [7, 11) is 0. The molecular formula is C17H29N3O. The van der Waals surface area contributed by atoms with Crippen molar-refractivity contribution in [2.45, 2.75) is 20.4 Å². The van der Waals surface area contributed by atoms with Crippen LogP contribution in [0.2, 0.25) is 0 Å². The maximum atomic E-state index is 5.82. The fourth-order valence-corrected chi connectivity index (χ4v) is 2.65. The SMILES string of the molecule is CCN(CC)CCOc1ccc(CN2CCNCC2)cc1. The number of rotatable bonds is 8. The minimum absolute atomic E-state index is 0.763. The van der Waals surface area contributed by atoms with Crippen LogP contribution in [-0.4, -0.2) is 62.2 Å². The minimum atomic E-state index is 0.763. The lowest BCUT2D eigenvalue weighted by Gasteiger charge is -2.27. The molecule has 0 spiro atoms. The number of likely N-dealkylation sites (N-methyl/N-ethyl adjacent to an activating group) is 1. The highest BCUT2D eigenvalue weighted by Crippen LogP contribution is 2.14. The molecule has 1 aromatic rings. The first-order valence-electron chi connectivity index (χ1n) is 8.19. The van der Waals surface area contributed by atoms with Gasteiger partial charge in [0.25, 0.3) is 0 Å². The zero-order chi connectivity index (χ0) is 14.9. The minimum Gasteiger partial charge on any atom is -0.492 e. The Balaban J connectivity index is 1.73. The third kappa shape index (κ3) is 5.65. The summed E-state index contributed by atoms with van der Waals surface area (Å²) in [6, 6.07) is 8.57. The number of ether oxygens (including phenoxy) is 1. The number of hydrogen-bond donors (Lipinski definition) is 1. The lowest BCUT2D eigenvalue weighted by atomic mass is 10.2. The van der Waals surface area contributed by atoms with Gasteiger partial charge in [-0.15, -0.1) is 0 Å². The van der Waals surface area contributed by atoms with Crippen LogP contribution in [-0.2, 0) is 6.54 Å². The summed E-state index contributed by atoms with van der Waals surface area (Å²) < 4.78 is 5.82. The predicted molar refractivity (Wildman–Crippen MR) is 87.9 cm³/mol. The van der Waals surface area contributed by atoms with E-state index in [0.29, 0.717) is 0 Å². The van der Waals surface area contributed by atoms with Crippen molar-refractivity contribution in [3.8, 4) is 5.75 Å². The van der Waals surface area contributed by atoms with Crippen molar-refractivity contribution < 1.29 is 4.74 Å². The molecular weight excluding hydrogens is 262 g/mol. The summed E-state index contributed by atoms with van der Waals surface area (Å²) in [5.74, 6) is 0.978. The van der Waals surface area contributed by atoms with Gasteiger partial charge in [-0.1, -0.05) is 26.0 Å². The molecule has 0 atom stereocenters. The van der Waals surface area contributed by atoms with Crippen LogP contribution in [0.4, 0.5) is 0 Å². The smallest absolute Gasteiger partial charge is 0.119 e. The van der Waals surface area contributed by atoms with Crippen LogP contribution in [0.25, 0.3) is 0 Å². The average molecular weight is 291 g/mol. The van der Waals surface area contributed by atoms with E-state index in [1.54, 1.807) is 0 Å². The van der Waals surface area contributed by atoms with Crippen molar-refractivity contribution in [1.82, 2.24) is 15.1 Å². The van der Waals surface area contributed by atoms with Crippen LogP contribution >= 0.6 is 0 Å². The van der Waals surface area contributed by atoms with E-state index in [9.17, 15) is 0 Å². The molecule has 0 radical (unpaired) electrons. The van der Waals surface area contributed by atoms with Gasteiger partial charge >= 0.3 is 0 Å². The largest absolute Gasteiger partial charge is 0.492 e. The van der Waals surface area contributed by atoms with Gasteiger partial charge in [-0.3, -0.25) is 4.90 Å². The van der Waals surface area contributed by atoms with Gasteiger partial charge in [0.2, 0.25) is 0 Å². The molecule has 1 heterocycles. The topological polar surface area (TPSA) is 27.7 Å². The van der Waals surface area contributed by atoms with E-state index in [-0.39, 0.29) is 0 Å². The molecule has 1 saturated heterocycles. The number of benzene rings is 1. The van der Waals surface area contributed by atoms with Crippen molar-refractivity contribution in [3.63, 3.8) is 0 Å². The Kier molecular flexibility index (Phi) is 7.00. The second-order valence-corrected chi connectivity index (χ2v) is 5.55. The van der Waals surface area contributed by atoms with Crippen molar-refractivity contribution in [1.29, 1.82) is 0 Å². The van der Waals surface area contributed by atoms with E-state index >= 15 is 0 Å². The number of nitrogens with zero attached hydrogens (tertiary/aromatic N) is 2. The molecule has 0 saturated carbocycles. The van der Waals surface area contributed by atoms with Gasteiger partial charge in [0.05, 0.1) is 0 Å². The highest BCUT2D eigenvalue weighted by molar-refractivity contribution is 5.27. The summed E-state index contributed by atoms with van der Waals surface area (Å²) >= 11 is 0. The van der Waals surface area contributed by atoms with Gasteiger partial charge < -0.3 is 15.0 Å². The monoisotopic (exact) mass is 291 g/mol. The van der Waals surface area contributed by atoms with Crippen LogP contribution in [0.1, 0.15) is 19.4 Å². The Labute approximate surface area is 129 Å². The van der Waals surface area contributed by atoms with Crippen LogP contribution < -0.4 is 10.1 Å². The van der Waals surface area contributed by atoms with E-state index in [1.807, 2.05) is 0 Å². The zero-order valence-corrected chi connectivity index (χ0v) is 13.5. The first kappa shape index (κ1) is 16.3. The Morgan fingerprint density at radius 3 is 2.38 bits per heavy atom. The van der Waals surface area contributed by atoms with Crippen molar-refractivity contribution in [3.05, 3.63) is 29.8 Å². The summed E-state index contributed by atoms with van der Waals surface area (Å²) in [4.78, 5) is 4.87. The molecule has 0 amide bonds. The van der Waals surface area contributed by atoms with Crippen LogP contribution in [0.15, 0.2) is 24.3 Å². The van der Waals surface area contributed by atoms with Crippen LogP contribution in [0.3, 0.4) is 0 Å². The van der Waals surface area contributed by atoms with Gasteiger partial charge in [-0.25, -0.2) is 0 Å². The van der Waals surface area contributed by atoms with E-state index < -0.39 is 0 Å². The first-order valence-corrected chi connectivity index (χ1v) is 8.19. The Morgan fingerprint density at radius 2 is 1.76 bits per heavy atom. The molecule has 0 aromatic heterocycles. The van der Waals surface area contributed by atoms with Gasteiger partial charge in [0.1, 0.15) is 12.4 Å². The lowest BCUT2D eigenvalue weighted by molar-refractivity contribution is 0.222. The maximum Gasteiger partial charge on any atom is 0.119 e. The number of piperazine rings is 1. The van der Waals surface area contributed by atoms with Gasteiger partial charge in [-0.05, 0) is 30.8 Å². The molecule has 118 valence electrons. The van der Waals surface area contributed by atoms with Crippen LogP contribution in [0.5, 0.6) is 5.75 Å². The highest BCUT2D eigenvalue weighted by Gasteiger charge is 2.09. The third-order valence-electron chi connectivity index (χ3n) is 4.11. The number of hydrogen-bond acceptors (Lipinski definition) is 4. The Bertz CT molecular complexity index is 384. The fraction of sp³-hybridized carbons (Fsp3) is 0.647. The van der Waals surface area contributed by atoms with Crippen molar-refractivity contribution >= 4 is 0 Å². The molecule has 1 aliphatic heterocycles. The second kappa shape index (κ2) is 9.03. The lowest BCUT2D eigenvalue weighted by Crippen LogP contribution is -2.42. The third-order valence-corrected chi connectivity index (χ3v) is 4.11. The molecule has 21 heavy (non-hydrogen) atoms. The normalized spacial score (nSPS) is 16.3. The predicted octanol–water partition coefficient (Wildman–Crippen LogP) is 1.81. The molecule has 4 nitrogen and oxygen atoms in total. The average Bonchev–Trinajstić information content (AvgIpc) is 2.54. The maximum absolute atomic E-state index is 5.82. The van der Waals surface area contributed by atoms with Gasteiger partial charge in [-0.2, -0.15) is 0 Å². The Hall–Kier alpha value is -1.10. The molecule has 4 heteroatoms. The fourth-order valence-electron chi connectivity index (χ4n) is 2.65. The molecule has 1 aliphatic rings. The number of nitrogens with one attached hydrogen (secondary N) is 1. The molecule has 0 unspecified atom stereocenters. The second-order valence-electron chi connectivity index (χ2n) is 5.55. The zero-order valence-electron chi connectivity index (χ0n) is 13.5. The molecule has 1 N–H and O–H groups in total. The summed E-state index contributed by atoms with van der Waals surface area (Å²) in [5.41, 5.74) is 1.37. The highest BCUT2D eigenvalue weighted by atomic mass is 16.5. The first-order chi connectivity index (χ1) is 10.3. The Morgan fingerprint density at radius 1 is 1.10 bits per heavy atom. The molecule has 1 aromatic carbocycles. The standard InChI is InChI=1S/C17H29N3O/c1-3-19(4-2)13-14-21-17-7-5-16(6-8-17)15-20-11-9-18-10-12-20/h5-8,18H,3-4,9-15H2,1-2H3. The summed E-state index contributed by atoms with van der Waals surface area (Å²) in [6.07, 6.45) is 0. The van der Waals surface area contributed by atoms with E-state index in [4.69, 9.17) is 4.74 Å². The van der Waals surface area contributed by atoms with Gasteiger partial charge in [0.15, 0.2) is 0 Å². The van der Waals surface area contributed by atoms with Crippen molar-refractivity contribution in [2.24, 2.45) is 0 Å². The van der Waals surface area contributed by atoms with E-state index in [2.05, 4.69) is 53.2 Å². The van der Waals surface area contributed by atoms with E-state index in [1.165, 1.54) is 5.56 Å².